The van der Waals surface area contributed by atoms with Crippen LogP contribution in [0.4, 0.5) is 0 Å². The highest BCUT2D eigenvalue weighted by Gasteiger charge is 2.16. The van der Waals surface area contributed by atoms with E-state index in [0.29, 0.717) is 6.54 Å². The number of amides is 1. The molecule has 110 valence electrons. The fraction of sp³-hybridized carbons (Fsp3) is 0.562. The molecule has 1 atom stereocenters. The van der Waals surface area contributed by atoms with Crippen molar-refractivity contribution in [2.75, 3.05) is 19.6 Å². The highest BCUT2D eigenvalue weighted by Crippen LogP contribution is 2.17. The Labute approximate surface area is 121 Å². The molecule has 0 aromatic heterocycles. The molecule has 0 aliphatic carbocycles. The van der Waals surface area contributed by atoms with Gasteiger partial charge in [0.25, 0.3) is 0 Å². The maximum absolute atomic E-state index is 11.7. The lowest BCUT2D eigenvalue weighted by molar-refractivity contribution is -0.122. The molecule has 1 aromatic carbocycles. The largest absolute Gasteiger partial charge is 0.353 e. The number of carbonyl (C=O) groups excluding carboxylic acids is 1. The van der Waals surface area contributed by atoms with Crippen LogP contribution < -0.4 is 11.1 Å². The molecule has 0 bridgehead atoms. The fourth-order valence-corrected chi connectivity index (χ4v) is 2.66. The second-order valence-corrected chi connectivity index (χ2v) is 5.48. The maximum Gasteiger partial charge on any atom is 0.236 e. The summed E-state index contributed by atoms with van der Waals surface area (Å²) in [5, 5.41) is 2.93. The molecule has 1 heterocycles. The molecule has 0 radical (unpaired) electrons. The van der Waals surface area contributed by atoms with Crippen molar-refractivity contribution in [2.45, 2.75) is 38.8 Å². The van der Waals surface area contributed by atoms with Crippen LogP contribution in [0.1, 0.15) is 30.9 Å². The van der Waals surface area contributed by atoms with Gasteiger partial charge in [-0.1, -0.05) is 37.6 Å². The van der Waals surface area contributed by atoms with E-state index in [0.717, 1.165) is 38.9 Å². The highest BCUT2D eigenvalue weighted by molar-refractivity contribution is 5.81. The van der Waals surface area contributed by atoms with Gasteiger partial charge in [0.15, 0.2) is 0 Å². The number of hydrogen-bond donors (Lipinski definition) is 2. The van der Waals surface area contributed by atoms with Gasteiger partial charge in [-0.25, -0.2) is 0 Å². The zero-order chi connectivity index (χ0) is 14.4. The maximum atomic E-state index is 11.7. The predicted octanol–water partition coefficient (Wildman–Crippen LogP) is 1.29. The molecule has 4 nitrogen and oxygen atoms in total. The van der Waals surface area contributed by atoms with Gasteiger partial charge < -0.3 is 11.1 Å². The molecule has 2 rings (SSSR count). The van der Waals surface area contributed by atoms with E-state index in [-0.39, 0.29) is 11.9 Å². The lowest BCUT2D eigenvalue weighted by Gasteiger charge is -2.28. The molecule has 1 aromatic rings. The van der Waals surface area contributed by atoms with Crippen molar-refractivity contribution < 1.29 is 4.79 Å². The van der Waals surface area contributed by atoms with Gasteiger partial charge in [-0.3, -0.25) is 9.69 Å². The van der Waals surface area contributed by atoms with E-state index in [2.05, 4.69) is 34.5 Å². The van der Waals surface area contributed by atoms with E-state index in [1.165, 1.54) is 11.1 Å². The van der Waals surface area contributed by atoms with Crippen LogP contribution in [-0.2, 0) is 17.8 Å². The van der Waals surface area contributed by atoms with E-state index >= 15 is 0 Å². The first-order valence-electron chi connectivity index (χ1n) is 7.53. The normalized spacial score (nSPS) is 16.5. The van der Waals surface area contributed by atoms with Crippen molar-refractivity contribution in [3.8, 4) is 0 Å². The van der Waals surface area contributed by atoms with Gasteiger partial charge in [-0.2, -0.15) is 0 Å². The third kappa shape index (κ3) is 4.05. The molecule has 0 fully saturated rings. The zero-order valence-corrected chi connectivity index (χ0v) is 12.3. The van der Waals surface area contributed by atoms with Crippen molar-refractivity contribution in [1.29, 1.82) is 0 Å². The number of hydrogen-bond acceptors (Lipinski definition) is 3. The third-order valence-electron chi connectivity index (χ3n) is 3.87. The molecule has 0 saturated carbocycles. The van der Waals surface area contributed by atoms with Crippen LogP contribution in [0.2, 0.25) is 0 Å². The minimum absolute atomic E-state index is 0.0238. The summed E-state index contributed by atoms with van der Waals surface area (Å²) in [6, 6.07) is 8.23. The minimum atomic E-state index is -0.359. The zero-order valence-electron chi connectivity index (χ0n) is 12.3. The van der Waals surface area contributed by atoms with Crippen molar-refractivity contribution in [3.05, 3.63) is 35.4 Å². The Morgan fingerprint density at radius 1 is 1.40 bits per heavy atom. The van der Waals surface area contributed by atoms with Crippen LogP contribution in [0.3, 0.4) is 0 Å². The van der Waals surface area contributed by atoms with Crippen molar-refractivity contribution in [3.63, 3.8) is 0 Å². The van der Waals surface area contributed by atoms with E-state index < -0.39 is 0 Å². The average molecular weight is 275 g/mol. The van der Waals surface area contributed by atoms with Gasteiger partial charge >= 0.3 is 0 Å². The molecule has 1 aliphatic heterocycles. The summed E-state index contributed by atoms with van der Waals surface area (Å²) in [6.07, 6.45) is 2.79. The topological polar surface area (TPSA) is 58.4 Å². The van der Waals surface area contributed by atoms with Crippen LogP contribution in [0.25, 0.3) is 0 Å². The average Bonchev–Trinajstić information content (AvgIpc) is 2.47. The first-order chi connectivity index (χ1) is 9.70. The predicted molar refractivity (Wildman–Crippen MR) is 81.3 cm³/mol. The second-order valence-electron chi connectivity index (χ2n) is 5.48. The SMILES string of the molecule is CCCC(N)C(=O)NCCN1CCc2ccccc2C1. The summed E-state index contributed by atoms with van der Waals surface area (Å²) in [5.41, 5.74) is 8.65. The van der Waals surface area contributed by atoms with Crippen LogP contribution in [0.5, 0.6) is 0 Å². The number of benzene rings is 1. The summed E-state index contributed by atoms with van der Waals surface area (Å²) in [6.45, 7) is 5.65. The van der Waals surface area contributed by atoms with Gasteiger partial charge in [0, 0.05) is 26.2 Å². The van der Waals surface area contributed by atoms with Gasteiger partial charge in [-0.15, -0.1) is 0 Å². The molecule has 0 saturated heterocycles. The van der Waals surface area contributed by atoms with Crippen LogP contribution in [0, 0.1) is 0 Å². The summed E-state index contributed by atoms with van der Waals surface area (Å²) in [7, 11) is 0. The Morgan fingerprint density at radius 2 is 2.15 bits per heavy atom. The summed E-state index contributed by atoms with van der Waals surface area (Å²) in [5.74, 6) is -0.0238. The fourth-order valence-electron chi connectivity index (χ4n) is 2.66. The number of rotatable bonds is 6. The first kappa shape index (κ1) is 15.0. The van der Waals surface area contributed by atoms with E-state index in [1.807, 2.05) is 6.92 Å². The molecular formula is C16H25N3O. The van der Waals surface area contributed by atoms with E-state index in [1.54, 1.807) is 0 Å². The Morgan fingerprint density at radius 3 is 2.90 bits per heavy atom. The summed E-state index contributed by atoms with van der Waals surface area (Å²) in [4.78, 5) is 14.1. The monoisotopic (exact) mass is 275 g/mol. The third-order valence-corrected chi connectivity index (χ3v) is 3.87. The molecule has 1 aliphatic rings. The van der Waals surface area contributed by atoms with Crippen LogP contribution in [-0.4, -0.2) is 36.5 Å². The molecule has 20 heavy (non-hydrogen) atoms. The van der Waals surface area contributed by atoms with Gasteiger partial charge in [-0.05, 0) is 24.0 Å². The Bertz CT molecular complexity index is 447. The molecule has 0 spiro atoms. The Hall–Kier alpha value is -1.39. The van der Waals surface area contributed by atoms with Gasteiger partial charge in [0.1, 0.15) is 0 Å². The number of nitrogens with two attached hydrogens (primary N) is 1. The minimum Gasteiger partial charge on any atom is -0.353 e. The first-order valence-corrected chi connectivity index (χ1v) is 7.53. The van der Waals surface area contributed by atoms with E-state index in [9.17, 15) is 4.79 Å². The van der Waals surface area contributed by atoms with Crippen LogP contribution >= 0.6 is 0 Å². The van der Waals surface area contributed by atoms with Crippen molar-refractivity contribution >= 4 is 5.91 Å². The second kappa shape index (κ2) is 7.41. The number of carbonyl (C=O) groups is 1. The molecule has 4 heteroatoms. The summed E-state index contributed by atoms with van der Waals surface area (Å²) >= 11 is 0. The molecule has 1 unspecified atom stereocenters. The van der Waals surface area contributed by atoms with Gasteiger partial charge in [0.05, 0.1) is 6.04 Å². The Kier molecular flexibility index (Phi) is 5.56. The standard InChI is InChI=1S/C16H25N3O/c1-2-5-15(17)16(20)18-9-11-19-10-8-13-6-3-4-7-14(13)12-19/h3-4,6-7,15H,2,5,8-12,17H2,1H3,(H,18,20). The van der Waals surface area contributed by atoms with Gasteiger partial charge in [0.2, 0.25) is 5.91 Å². The van der Waals surface area contributed by atoms with E-state index in [4.69, 9.17) is 5.73 Å². The van der Waals surface area contributed by atoms with Crippen molar-refractivity contribution in [1.82, 2.24) is 10.2 Å². The number of fused-ring (bicyclic) bond motifs is 1. The summed E-state index contributed by atoms with van der Waals surface area (Å²) < 4.78 is 0. The Balaban J connectivity index is 1.72. The smallest absolute Gasteiger partial charge is 0.236 e. The molecular weight excluding hydrogens is 250 g/mol. The lowest BCUT2D eigenvalue weighted by atomic mass is 10.00. The van der Waals surface area contributed by atoms with Crippen LogP contribution in [0.15, 0.2) is 24.3 Å². The quantitative estimate of drug-likeness (QED) is 0.822. The molecule has 1 amide bonds. The number of nitrogens with zero attached hydrogens (tertiary/aromatic N) is 1. The molecule has 3 N–H and O–H groups in total. The highest BCUT2D eigenvalue weighted by atomic mass is 16.2. The van der Waals surface area contributed by atoms with Crippen molar-refractivity contribution in [2.24, 2.45) is 5.73 Å². The lowest BCUT2D eigenvalue weighted by Crippen LogP contribution is -2.44. The number of nitrogens with one attached hydrogen (secondary N) is 1.